The standard InChI is InChI=1S/C30H31N3O4/c1-5-36-28-15-8-21(3)18-27(28)33-19-26(23-9-6-20(2)7-10-23)30(32-33)37-25-13-11-24(12-14-25)29(35)31-17-16-22(4)34/h6-15,18-19H,5,16-17H2,1-4H3,(H,31,35). The summed E-state index contributed by atoms with van der Waals surface area (Å²) in [6, 6.07) is 21.0. The minimum absolute atomic E-state index is 0.0342. The van der Waals surface area contributed by atoms with Gasteiger partial charge in [-0.1, -0.05) is 35.9 Å². The molecule has 0 saturated heterocycles. The van der Waals surface area contributed by atoms with Crippen molar-refractivity contribution >= 4 is 11.7 Å². The number of Topliss-reactive ketones (excluding diaryl/α,β-unsaturated/α-hetero) is 1. The summed E-state index contributed by atoms with van der Waals surface area (Å²) >= 11 is 0. The van der Waals surface area contributed by atoms with E-state index in [1.165, 1.54) is 6.92 Å². The maximum absolute atomic E-state index is 12.3. The van der Waals surface area contributed by atoms with Crippen molar-refractivity contribution in [1.29, 1.82) is 0 Å². The van der Waals surface area contributed by atoms with Crippen LogP contribution in [0.5, 0.6) is 17.4 Å². The van der Waals surface area contributed by atoms with Gasteiger partial charge < -0.3 is 14.8 Å². The smallest absolute Gasteiger partial charge is 0.251 e. The molecule has 0 aliphatic carbocycles. The first-order valence-electron chi connectivity index (χ1n) is 12.3. The molecule has 0 atom stereocenters. The van der Waals surface area contributed by atoms with Crippen LogP contribution in [-0.4, -0.2) is 34.6 Å². The van der Waals surface area contributed by atoms with Gasteiger partial charge in [0.15, 0.2) is 0 Å². The van der Waals surface area contributed by atoms with Crippen molar-refractivity contribution in [3.63, 3.8) is 0 Å². The Labute approximate surface area is 217 Å². The number of aryl methyl sites for hydroxylation is 2. The van der Waals surface area contributed by atoms with Crippen molar-refractivity contribution < 1.29 is 19.1 Å². The topological polar surface area (TPSA) is 82.5 Å². The molecular weight excluding hydrogens is 466 g/mol. The van der Waals surface area contributed by atoms with Gasteiger partial charge in [-0.15, -0.1) is 5.10 Å². The molecule has 0 aliphatic heterocycles. The first-order valence-corrected chi connectivity index (χ1v) is 12.3. The molecule has 37 heavy (non-hydrogen) atoms. The van der Waals surface area contributed by atoms with E-state index in [4.69, 9.17) is 14.6 Å². The van der Waals surface area contributed by atoms with Gasteiger partial charge in [0.05, 0.1) is 12.2 Å². The summed E-state index contributed by atoms with van der Waals surface area (Å²) < 4.78 is 13.9. The van der Waals surface area contributed by atoms with E-state index in [2.05, 4.69) is 5.32 Å². The number of hydrogen-bond donors (Lipinski definition) is 1. The van der Waals surface area contributed by atoms with Crippen molar-refractivity contribution in [3.05, 3.63) is 89.6 Å². The van der Waals surface area contributed by atoms with Gasteiger partial charge in [-0.3, -0.25) is 9.59 Å². The zero-order chi connectivity index (χ0) is 26.4. The second-order valence-corrected chi connectivity index (χ2v) is 8.90. The van der Waals surface area contributed by atoms with Gasteiger partial charge >= 0.3 is 0 Å². The summed E-state index contributed by atoms with van der Waals surface area (Å²) in [4.78, 5) is 23.4. The molecule has 3 aromatic carbocycles. The van der Waals surface area contributed by atoms with E-state index in [-0.39, 0.29) is 11.7 Å². The highest BCUT2D eigenvalue weighted by molar-refractivity contribution is 5.94. The van der Waals surface area contributed by atoms with Crippen molar-refractivity contribution in [2.75, 3.05) is 13.2 Å². The van der Waals surface area contributed by atoms with Crippen LogP contribution in [0.3, 0.4) is 0 Å². The number of ketones is 1. The summed E-state index contributed by atoms with van der Waals surface area (Å²) in [7, 11) is 0. The van der Waals surface area contributed by atoms with E-state index < -0.39 is 0 Å². The van der Waals surface area contributed by atoms with Crippen LogP contribution in [0.2, 0.25) is 0 Å². The Balaban J connectivity index is 1.65. The molecule has 4 aromatic rings. The van der Waals surface area contributed by atoms with Crippen molar-refractivity contribution in [2.45, 2.75) is 34.1 Å². The van der Waals surface area contributed by atoms with E-state index >= 15 is 0 Å². The number of amides is 1. The predicted octanol–water partition coefficient (Wildman–Crippen LogP) is 6.06. The number of aromatic nitrogens is 2. The van der Waals surface area contributed by atoms with Crippen LogP contribution in [0.25, 0.3) is 16.8 Å². The summed E-state index contributed by atoms with van der Waals surface area (Å²) in [6.07, 6.45) is 2.25. The predicted molar refractivity (Wildman–Crippen MR) is 144 cm³/mol. The Morgan fingerprint density at radius 2 is 1.65 bits per heavy atom. The summed E-state index contributed by atoms with van der Waals surface area (Å²) in [5.74, 6) is 1.52. The number of nitrogens with one attached hydrogen (secondary N) is 1. The van der Waals surface area contributed by atoms with E-state index in [0.717, 1.165) is 33.7 Å². The molecule has 0 saturated carbocycles. The van der Waals surface area contributed by atoms with Gasteiger partial charge in [-0.05, 0) is 75.2 Å². The molecule has 190 valence electrons. The third-order valence-corrected chi connectivity index (χ3v) is 5.80. The molecule has 1 amide bonds. The molecule has 0 aliphatic rings. The molecule has 0 bridgehead atoms. The first-order chi connectivity index (χ1) is 17.8. The molecular formula is C30H31N3O4. The van der Waals surface area contributed by atoms with Crippen LogP contribution in [0, 0.1) is 13.8 Å². The molecule has 1 N–H and O–H groups in total. The monoisotopic (exact) mass is 497 g/mol. The molecule has 0 fully saturated rings. The number of ether oxygens (including phenoxy) is 2. The summed E-state index contributed by atoms with van der Waals surface area (Å²) in [5, 5.41) is 7.52. The van der Waals surface area contributed by atoms with Crippen molar-refractivity contribution in [2.24, 2.45) is 0 Å². The van der Waals surface area contributed by atoms with Crippen LogP contribution in [0.15, 0.2) is 72.9 Å². The minimum Gasteiger partial charge on any atom is -0.492 e. The summed E-state index contributed by atoms with van der Waals surface area (Å²) in [5.41, 5.74) is 5.36. The van der Waals surface area contributed by atoms with Crippen molar-refractivity contribution in [3.8, 4) is 34.2 Å². The number of nitrogens with zero attached hydrogens (tertiary/aromatic N) is 2. The normalized spacial score (nSPS) is 10.7. The van der Waals surface area contributed by atoms with Gasteiger partial charge in [0.25, 0.3) is 5.91 Å². The van der Waals surface area contributed by atoms with E-state index in [1.54, 1.807) is 28.9 Å². The molecule has 0 radical (unpaired) electrons. The van der Waals surface area contributed by atoms with Crippen LogP contribution in [0.4, 0.5) is 0 Å². The molecule has 7 heteroatoms. The average Bonchev–Trinajstić information content (AvgIpc) is 3.29. The lowest BCUT2D eigenvalue weighted by molar-refractivity contribution is -0.116. The highest BCUT2D eigenvalue weighted by Gasteiger charge is 2.17. The van der Waals surface area contributed by atoms with Crippen molar-refractivity contribution in [1.82, 2.24) is 15.1 Å². The molecule has 0 spiro atoms. The van der Waals surface area contributed by atoms with Gasteiger partial charge in [-0.2, -0.15) is 0 Å². The zero-order valence-corrected chi connectivity index (χ0v) is 21.6. The molecule has 4 rings (SSSR count). The fourth-order valence-electron chi connectivity index (χ4n) is 3.81. The minimum atomic E-state index is -0.236. The van der Waals surface area contributed by atoms with Crippen LogP contribution >= 0.6 is 0 Å². The Morgan fingerprint density at radius 1 is 0.946 bits per heavy atom. The largest absolute Gasteiger partial charge is 0.492 e. The molecule has 0 unspecified atom stereocenters. The van der Waals surface area contributed by atoms with Gasteiger partial charge in [-0.25, -0.2) is 4.68 Å². The Morgan fingerprint density at radius 3 is 2.32 bits per heavy atom. The molecule has 7 nitrogen and oxygen atoms in total. The van der Waals surface area contributed by atoms with E-state index in [9.17, 15) is 9.59 Å². The van der Waals surface area contributed by atoms with Gasteiger partial charge in [0, 0.05) is 24.7 Å². The third kappa shape index (κ3) is 6.44. The zero-order valence-electron chi connectivity index (χ0n) is 21.6. The van der Waals surface area contributed by atoms with Gasteiger partial charge in [0.2, 0.25) is 5.88 Å². The lowest BCUT2D eigenvalue weighted by Crippen LogP contribution is -2.25. The fraction of sp³-hybridized carbons (Fsp3) is 0.233. The van der Waals surface area contributed by atoms with Crippen LogP contribution < -0.4 is 14.8 Å². The fourth-order valence-corrected chi connectivity index (χ4v) is 3.81. The Kier molecular flexibility index (Phi) is 8.03. The highest BCUT2D eigenvalue weighted by Crippen LogP contribution is 2.35. The quantitative estimate of drug-likeness (QED) is 0.288. The third-order valence-electron chi connectivity index (χ3n) is 5.80. The van der Waals surface area contributed by atoms with E-state index in [0.29, 0.717) is 36.8 Å². The van der Waals surface area contributed by atoms with Crippen LogP contribution in [-0.2, 0) is 4.79 Å². The first kappa shape index (κ1) is 25.7. The average molecular weight is 498 g/mol. The van der Waals surface area contributed by atoms with E-state index in [1.807, 2.05) is 69.4 Å². The second-order valence-electron chi connectivity index (χ2n) is 8.90. The SMILES string of the molecule is CCOc1ccc(C)cc1-n1cc(-c2ccc(C)cc2)c(Oc2ccc(C(=O)NCCC(C)=O)cc2)n1. The molecule has 1 heterocycles. The number of rotatable bonds is 10. The number of benzene rings is 3. The second kappa shape index (κ2) is 11.6. The number of carbonyl (C=O) groups is 2. The Bertz CT molecular complexity index is 1390. The lowest BCUT2D eigenvalue weighted by Gasteiger charge is -2.11. The Hall–Kier alpha value is -4.39. The number of hydrogen-bond acceptors (Lipinski definition) is 5. The molecule has 1 aromatic heterocycles. The summed E-state index contributed by atoms with van der Waals surface area (Å²) in [6.45, 7) is 8.38. The number of carbonyl (C=O) groups excluding carboxylic acids is 2. The maximum atomic E-state index is 12.3. The van der Waals surface area contributed by atoms with Gasteiger partial charge in [0.1, 0.15) is 23.0 Å². The highest BCUT2D eigenvalue weighted by atomic mass is 16.5. The van der Waals surface area contributed by atoms with Crippen LogP contribution in [0.1, 0.15) is 41.8 Å². The maximum Gasteiger partial charge on any atom is 0.251 e. The lowest BCUT2D eigenvalue weighted by atomic mass is 10.1.